The van der Waals surface area contributed by atoms with E-state index in [1.165, 1.54) is 19.3 Å². The number of hydrogen-bond acceptors (Lipinski definition) is 4. The van der Waals surface area contributed by atoms with E-state index < -0.39 is 6.09 Å². The van der Waals surface area contributed by atoms with Crippen LogP contribution in [0, 0.1) is 12.8 Å². The van der Waals surface area contributed by atoms with Crippen molar-refractivity contribution >= 4 is 17.6 Å². The van der Waals surface area contributed by atoms with Crippen LogP contribution in [-0.4, -0.2) is 30.8 Å². The van der Waals surface area contributed by atoms with E-state index in [0.29, 0.717) is 12.3 Å². The molecule has 1 aliphatic heterocycles. The minimum atomic E-state index is -0.435. The number of hydrogen-bond donors (Lipinski definition) is 1. The molecule has 116 valence electrons. The third-order valence-corrected chi connectivity index (χ3v) is 3.97. The Morgan fingerprint density at radius 3 is 3.00 bits per heavy atom. The first-order valence-electron chi connectivity index (χ1n) is 7.79. The molecule has 1 N–H and O–H groups in total. The molecule has 21 heavy (non-hydrogen) atoms. The van der Waals surface area contributed by atoms with Gasteiger partial charge >= 0.3 is 6.09 Å². The van der Waals surface area contributed by atoms with Crippen LogP contribution in [-0.2, 0) is 4.74 Å². The van der Waals surface area contributed by atoms with E-state index in [1.807, 2.05) is 13.0 Å². The maximum atomic E-state index is 11.4. The third kappa shape index (κ3) is 4.09. The second-order valence-electron chi connectivity index (χ2n) is 5.57. The number of nitrogens with one attached hydrogen (secondary N) is 1. The number of anilines is 2. The van der Waals surface area contributed by atoms with Crippen LogP contribution in [0.1, 0.15) is 38.7 Å². The molecule has 1 aromatic rings. The Morgan fingerprint density at radius 1 is 1.52 bits per heavy atom. The van der Waals surface area contributed by atoms with Gasteiger partial charge < -0.3 is 9.64 Å². The van der Waals surface area contributed by atoms with Crippen LogP contribution in [0.15, 0.2) is 12.3 Å². The molecule has 1 amide bonds. The van der Waals surface area contributed by atoms with E-state index >= 15 is 0 Å². The SMILES string of the molecule is CCOC(=O)Nc1cnc(N2CCCC(CC)C2)c(C)c1. The Hall–Kier alpha value is -1.78. The van der Waals surface area contributed by atoms with Gasteiger partial charge in [0.25, 0.3) is 0 Å². The molecule has 0 spiro atoms. The zero-order chi connectivity index (χ0) is 15.2. The van der Waals surface area contributed by atoms with Gasteiger partial charge in [-0.2, -0.15) is 0 Å². The second kappa shape index (κ2) is 7.29. The van der Waals surface area contributed by atoms with Gasteiger partial charge in [-0.1, -0.05) is 13.3 Å². The predicted molar refractivity (Wildman–Crippen MR) is 84.8 cm³/mol. The van der Waals surface area contributed by atoms with Crippen molar-refractivity contribution in [2.45, 2.75) is 40.0 Å². The van der Waals surface area contributed by atoms with Crippen LogP contribution in [0.3, 0.4) is 0 Å². The zero-order valence-electron chi connectivity index (χ0n) is 13.2. The highest BCUT2D eigenvalue weighted by atomic mass is 16.5. The Bertz CT molecular complexity index is 490. The summed E-state index contributed by atoms with van der Waals surface area (Å²) >= 11 is 0. The Kier molecular flexibility index (Phi) is 5.42. The number of amides is 1. The summed E-state index contributed by atoms with van der Waals surface area (Å²) in [5.74, 6) is 1.79. The molecule has 5 heteroatoms. The van der Waals surface area contributed by atoms with Crippen LogP contribution in [0.25, 0.3) is 0 Å². The molecule has 1 saturated heterocycles. The van der Waals surface area contributed by atoms with Gasteiger partial charge in [-0.05, 0) is 44.2 Å². The van der Waals surface area contributed by atoms with Crippen molar-refractivity contribution < 1.29 is 9.53 Å². The maximum absolute atomic E-state index is 11.4. The highest BCUT2D eigenvalue weighted by Gasteiger charge is 2.21. The van der Waals surface area contributed by atoms with E-state index in [4.69, 9.17) is 4.74 Å². The molecular weight excluding hydrogens is 266 g/mol. The lowest BCUT2D eigenvalue weighted by molar-refractivity contribution is 0.168. The largest absolute Gasteiger partial charge is 0.450 e. The van der Waals surface area contributed by atoms with Crippen LogP contribution in [0.5, 0.6) is 0 Å². The molecule has 1 unspecified atom stereocenters. The monoisotopic (exact) mass is 291 g/mol. The molecule has 0 aliphatic carbocycles. The fourth-order valence-corrected chi connectivity index (χ4v) is 2.84. The van der Waals surface area contributed by atoms with E-state index in [0.717, 1.165) is 30.4 Å². The minimum absolute atomic E-state index is 0.364. The first-order valence-corrected chi connectivity index (χ1v) is 7.79. The lowest BCUT2D eigenvalue weighted by atomic mass is 9.95. The van der Waals surface area contributed by atoms with Gasteiger partial charge in [-0.15, -0.1) is 0 Å². The van der Waals surface area contributed by atoms with Crippen molar-refractivity contribution in [1.82, 2.24) is 4.98 Å². The van der Waals surface area contributed by atoms with Crippen LogP contribution in [0.2, 0.25) is 0 Å². The normalized spacial score (nSPS) is 18.4. The molecule has 1 atom stereocenters. The Labute approximate surface area is 126 Å². The standard InChI is InChI=1S/C16H25N3O2/c1-4-13-7-6-8-19(11-13)15-12(3)9-14(10-17-15)18-16(20)21-5-2/h9-10,13H,4-8,11H2,1-3H3,(H,18,20). The highest BCUT2D eigenvalue weighted by molar-refractivity contribution is 5.84. The van der Waals surface area contributed by atoms with Crippen molar-refractivity contribution in [1.29, 1.82) is 0 Å². The molecule has 0 aromatic carbocycles. The van der Waals surface area contributed by atoms with E-state index in [-0.39, 0.29) is 0 Å². The molecule has 1 aromatic heterocycles. The molecular formula is C16H25N3O2. The van der Waals surface area contributed by atoms with Crippen molar-refractivity contribution in [3.05, 3.63) is 17.8 Å². The molecule has 5 nitrogen and oxygen atoms in total. The van der Waals surface area contributed by atoms with Gasteiger partial charge in [-0.3, -0.25) is 5.32 Å². The first-order chi connectivity index (χ1) is 10.1. The summed E-state index contributed by atoms with van der Waals surface area (Å²) in [7, 11) is 0. The van der Waals surface area contributed by atoms with Gasteiger partial charge in [0.2, 0.25) is 0 Å². The van der Waals surface area contributed by atoms with E-state index in [1.54, 1.807) is 13.1 Å². The zero-order valence-corrected chi connectivity index (χ0v) is 13.2. The topological polar surface area (TPSA) is 54.5 Å². The van der Waals surface area contributed by atoms with Gasteiger partial charge in [0.05, 0.1) is 18.5 Å². The van der Waals surface area contributed by atoms with E-state index in [2.05, 4.69) is 22.1 Å². The van der Waals surface area contributed by atoms with Gasteiger partial charge in [-0.25, -0.2) is 9.78 Å². The number of ether oxygens (including phenoxy) is 1. The first kappa shape index (κ1) is 15.6. The lowest BCUT2D eigenvalue weighted by Gasteiger charge is -2.34. The number of nitrogens with zero attached hydrogens (tertiary/aromatic N) is 2. The quantitative estimate of drug-likeness (QED) is 0.921. The number of rotatable bonds is 4. The fraction of sp³-hybridized carbons (Fsp3) is 0.625. The number of piperidine rings is 1. The molecule has 2 heterocycles. The molecule has 1 aliphatic rings. The fourth-order valence-electron chi connectivity index (χ4n) is 2.84. The van der Waals surface area contributed by atoms with Crippen molar-refractivity contribution in [3.63, 3.8) is 0 Å². The number of pyridine rings is 1. The molecule has 0 bridgehead atoms. The van der Waals surface area contributed by atoms with Gasteiger partial charge in [0.15, 0.2) is 0 Å². The summed E-state index contributed by atoms with van der Waals surface area (Å²) in [5, 5.41) is 2.69. The van der Waals surface area contributed by atoms with Crippen LogP contribution >= 0.6 is 0 Å². The summed E-state index contributed by atoms with van der Waals surface area (Å²) in [6.45, 7) is 8.58. The molecule has 0 radical (unpaired) electrons. The number of aromatic nitrogens is 1. The Balaban J connectivity index is 2.06. The summed E-state index contributed by atoms with van der Waals surface area (Å²) < 4.78 is 4.87. The lowest BCUT2D eigenvalue weighted by Crippen LogP contribution is -2.36. The smallest absolute Gasteiger partial charge is 0.411 e. The summed E-state index contributed by atoms with van der Waals surface area (Å²) in [6.07, 6.45) is 5.03. The molecule has 2 rings (SSSR count). The van der Waals surface area contributed by atoms with Crippen molar-refractivity contribution in [2.24, 2.45) is 5.92 Å². The average Bonchev–Trinajstić information content (AvgIpc) is 2.47. The molecule has 1 fully saturated rings. The summed E-state index contributed by atoms with van der Waals surface area (Å²) in [6, 6.07) is 1.95. The Morgan fingerprint density at radius 2 is 2.33 bits per heavy atom. The highest BCUT2D eigenvalue weighted by Crippen LogP contribution is 2.27. The average molecular weight is 291 g/mol. The van der Waals surface area contributed by atoms with Crippen LogP contribution < -0.4 is 10.2 Å². The number of carbonyl (C=O) groups excluding carboxylic acids is 1. The van der Waals surface area contributed by atoms with Gasteiger partial charge in [0, 0.05) is 13.1 Å². The van der Waals surface area contributed by atoms with Crippen molar-refractivity contribution in [2.75, 3.05) is 29.9 Å². The third-order valence-electron chi connectivity index (χ3n) is 3.97. The second-order valence-corrected chi connectivity index (χ2v) is 5.57. The summed E-state index contributed by atoms with van der Waals surface area (Å²) in [5.41, 5.74) is 1.76. The number of carbonyl (C=O) groups is 1. The maximum Gasteiger partial charge on any atom is 0.411 e. The van der Waals surface area contributed by atoms with E-state index in [9.17, 15) is 4.79 Å². The molecule has 0 saturated carbocycles. The summed E-state index contributed by atoms with van der Waals surface area (Å²) in [4.78, 5) is 18.3. The van der Waals surface area contributed by atoms with Crippen LogP contribution in [0.4, 0.5) is 16.3 Å². The number of aryl methyl sites for hydroxylation is 1. The van der Waals surface area contributed by atoms with Crippen molar-refractivity contribution in [3.8, 4) is 0 Å². The predicted octanol–water partition coefficient (Wildman–Crippen LogP) is 3.58. The van der Waals surface area contributed by atoms with Gasteiger partial charge in [0.1, 0.15) is 5.82 Å². The minimum Gasteiger partial charge on any atom is -0.450 e.